The summed E-state index contributed by atoms with van der Waals surface area (Å²) in [7, 11) is 6.26. The summed E-state index contributed by atoms with van der Waals surface area (Å²) >= 11 is 0. The number of rotatable bonds is 8. The van der Waals surface area contributed by atoms with Crippen LogP contribution in [0.15, 0.2) is 47.6 Å². The zero-order chi connectivity index (χ0) is 22.4. The van der Waals surface area contributed by atoms with E-state index in [-0.39, 0.29) is 5.69 Å². The predicted octanol–water partition coefficient (Wildman–Crippen LogP) is 3.27. The minimum absolute atomic E-state index is 0.272. The maximum absolute atomic E-state index is 12.5. The molecule has 3 aromatic rings. The number of amides is 1. The molecule has 0 aliphatic carbocycles. The molecule has 31 heavy (non-hydrogen) atoms. The van der Waals surface area contributed by atoms with Crippen molar-refractivity contribution in [3.63, 3.8) is 0 Å². The highest BCUT2D eigenvalue weighted by molar-refractivity contribution is 6.01. The van der Waals surface area contributed by atoms with Gasteiger partial charge in [0.25, 0.3) is 5.91 Å². The van der Waals surface area contributed by atoms with Crippen LogP contribution in [0.2, 0.25) is 0 Å². The first-order chi connectivity index (χ1) is 15.0. The second-order valence-corrected chi connectivity index (χ2v) is 6.44. The van der Waals surface area contributed by atoms with Crippen molar-refractivity contribution in [1.29, 1.82) is 0 Å². The van der Waals surface area contributed by atoms with E-state index in [1.807, 2.05) is 12.1 Å². The van der Waals surface area contributed by atoms with E-state index in [9.17, 15) is 4.79 Å². The van der Waals surface area contributed by atoms with E-state index in [1.165, 1.54) is 0 Å². The zero-order valence-corrected chi connectivity index (χ0v) is 18.0. The van der Waals surface area contributed by atoms with Crippen LogP contribution in [0.4, 0.5) is 0 Å². The first-order valence-corrected chi connectivity index (χ1v) is 9.35. The number of carbonyl (C=O) groups excluding carboxylic acids is 1. The molecule has 2 N–H and O–H groups in total. The second-order valence-electron chi connectivity index (χ2n) is 6.44. The van der Waals surface area contributed by atoms with E-state index in [2.05, 4.69) is 20.7 Å². The van der Waals surface area contributed by atoms with E-state index >= 15 is 0 Å². The molecule has 1 aromatic heterocycles. The number of nitrogens with one attached hydrogen (secondary N) is 2. The van der Waals surface area contributed by atoms with Gasteiger partial charge >= 0.3 is 0 Å². The third-order valence-corrected chi connectivity index (χ3v) is 4.63. The van der Waals surface area contributed by atoms with Crippen LogP contribution < -0.4 is 24.4 Å². The SMILES string of the molecule is COc1ccc(/C(C)=N/NC(=O)c2cc(-c3ccc(OC)c(OC)c3)n[nH]2)cc1OC. The summed E-state index contributed by atoms with van der Waals surface area (Å²) in [6.45, 7) is 1.78. The zero-order valence-electron chi connectivity index (χ0n) is 18.0. The lowest BCUT2D eigenvalue weighted by Gasteiger charge is -2.09. The van der Waals surface area contributed by atoms with Gasteiger partial charge in [0, 0.05) is 11.1 Å². The van der Waals surface area contributed by atoms with Gasteiger partial charge in [-0.25, -0.2) is 5.43 Å². The Morgan fingerprint density at radius 2 is 1.48 bits per heavy atom. The van der Waals surface area contributed by atoms with Crippen molar-refractivity contribution in [2.75, 3.05) is 28.4 Å². The first kappa shape index (κ1) is 21.7. The van der Waals surface area contributed by atoms with Crippen molar-refractivity contribution in [2.24, 2.45) is 5.10 Å². The van der Waals surface area contributed by atoms with Crippen LogP contribution in [0.25, 0.3) is 11.3 Å². The largest absolute Gasteiger partial charge is 0.493 e. The number of methoxy groups -OCH3 is 4. The quantitative estimate of drug-likeness (QED) is 0.425. The highest BCUT2D eigenvalue weighted by Crippen LogP contribution is 2.31. The third kappa shape index (κ3) is 4.77. The van der Waals surface area contributed by atoms with Crippen LogP contribution in [0, 0.1) is 0 Å². The molecule has 1 heterocycles. The third-order valence-electron chi connectivity index (χ3n) is 4.63. The molecule has 0 aliphatic heterocycles. The smallest absolute Gasteiger partial charge is 0.289 e. The number of ether oxygens (including phenoxy) is 4. The van der Waals surface area contributed by atoms with Gasteiger partial charge in [0.2, 0.25) is 0 Å². The maximum atomic E-state index is 12.5. The van der Waals surface area contributed by atoms with Crippen molar-refractivity contribution in [1.82, 2.24) is 15.6 Å². The second kappa shape index (κ2) is 9.66. The van der Waals surface area contributed by atoms with Crippen LogP contribution in [-0.4, -0.2) is 50.3 Å². The summed E-state index contributed by atoms with van der Waals surface area (Å²) in [4.78, 5) is 12.5. The Kier molecular flexibility index (Phi) is 6.76. The Balaban J connectivity index is 1.74. The van der Waals surface area contributed by atoms with Gasteiger partial charge in [-0.05, 0) is 49.4 Å². The molecule has 0 radical (unpaired) electrons. The number of aromatic nitrogens is 2. The molecule has 0 saturated heterocycles. The molecule has 0 aliphatic rings. The molecule has 0 bridgehead atoms. The van der Waals surface area contributed by atoms with Crippen molar-refractivity contribution in [2.45, 2.75) is 6.92 Å². The van der Waals surface area contributed by atoms with E-state index in [4.69, 9.17) is 18.9 Å². The number of nitrogens with zero attached hydrogens (tertiary/aromatic N) is 2. The van der Waals surface area contributed by atoms with Gasteiger partial charge in [0.1, 0.15) is 5.69 Å². The predicted molar refractivity (Wildman–Crippen MR) is 116 cm³/mol. The Hall–Kier alpha value is -4.01. The van der Waals surface area contributed by atoms with E-state index in [1.54, 1.807) is 65.7 Å². The number of carbonyl (C=O) groups is 1. The minimum Gasteiger partial charge on any atom is -0.493 e. The summed E-state index contributed by atoms with van der Waals surface area (Å²) in [5.41, 5.74) is 5.56. The monoisotopic (exact) mass is 424 g/mol. The number of aromatic amines is 1. The van der Waals surface area contributed by atoms with E-state index in [0.717, 1.165) is 11.1 Å². The molecule has 0 unspecified atom stereocenters. The van der Waals surface area contributed by atoms with Crippen molar-refractivity contribution >= 4 is 11.6 Å². The average molecular weight is 424 g/mol. The molecular formula is C22H24N4O5. The van der Waals surface area contributed by atoms with Crippen LogP contribution in [0.3, 0.4) is 0 Å². The lowest BCUT2D eigenvalue weighted by molar-refractivity contribution is 0.0950. The Labute approximate surface area is 180 Å². The summed E-state index contributed by atoms with van der Waals surface area (Å²) in [5, 5.41) is 11.1. The van der Waals surface area contributed by atoms with Crippen LogP contribution in [-0.2, 0) is 0 Å². The average Bonchev–Trinajstić information content (AvgIpc) is 3.31. The molecule has 0 fully saturated rings. The highest BCUT2D eigenvalue weighted by Gasteiger charge is 2.13. The minimum atomic E-state index is -0.418. The lowest BCUT2D eigenvalue weighted by atomic mass is 10.1. The molecule has 2 aromatic carbocycles. The number of hydrazone groups is 1. The fourth-order valence-corrected chi connectivity index (χ4v) is 2.90. The summed E-state index contributed by atoms with van der Waals surface area (Å²) in [6, 6.07) is 12.4. The van der Waals surface area contributed by atoms with Gasteiger partial charge in [0.05, 0.1) is 39.8 Å². The molecule has 9 heteroatoms. The lowest BCUT2D eigenvalue weighted by Crippen LogP contribution is -2.19. The van der Waals surface area contributed by atoms with Gasteiger partial charge in [-0.1, -0.05) is 0 Å². The fourth-order valence-electron chi connectivity index (χ4n) is 2.90. The van der Waals surface area contributed by atoms with Crippen LogP contribution in [0.5, 0.6) is 23.0 Å². The molecule has 1 amide bonds. The van der Waals surface area contributed by atoms with Gasteiger partial charge in [-0.3, -0.25) is 9.89 Å². The van der Waals surface area contributed by atoms with Crippen LogP contribution in [0.1, 0.15) is 23.0 Å². The maximum Gasteiger partial charge on any atom is 0.289 e. The van der Waals surface area contributed by atoms with E-state index in [0.29, 0.717) is 34.4 Å². The van der Waals surface area contributed by atoms with Gasteiger partial charge in [0.15, 0.2) is 23.0 Å². The fraction of sp³-hybridized carbons (Fsp3) is 0.227. The molecule has 9 nitrogen and oxygen atoms in total. The van der Waals surface area contributed by atoms with Crippen molar-refractivity contribution < 1.29 is 23.7 Å². The summed E-state index contributed by atoms with van der Waals surface area (Å²) in [6.07, 6.45) is 0. The molecule has 162 valence electrons. The number of hydrogen-bond donors (Lipinski definition) is 2. The highest BCUT2D eigenvalue weighted by atomic mass is 16.5. The standard InChI is InChI=1S/C22H24N4O5/c1-13(14-6-8-18(28-2)20(10-14)30-4)23-26-22(27)17-12-16(24-25-17)15-7-9-19(29-3)21(11-15)31-5/h6-12H,1-5H3,(H,24,25)(H,26,27)/b23-13+. The Morgan fingerprint density at radius 3 is 2.13 bits per heavy atom. The van der Waals surface area contributed by atoms with Gasteiger partial charge < -0.3 is 18.9 Å². The van der Waals surface area contributed by atoms with Crippen molar-refractivity contribution in [3.05, 3.63) is 53.7 Å². The number of hydrogen-bond acceptors (Lipinski definition) is 7. The van der Waals surface area contributed by atoms with E-state index < -0.39 is 5.91 Å². The van der Waals surface area contributed by atoms with Gasteiger partial charge in [-0.2, -0.15) is 10.2 Å². The first-order valence-electron chi connectivity index (χ1n) is 9.35. The Morgan fingerprint density at radius 1 is 0.871 bits per heavy atom. The summed E-state index contributed by atoms with van der Waals surface area (Å²) < 4.78 is 21.1. The molecular weight excluding hydrogens is 400 g/mol. The van der Waals surface area contributed by atoms with Gasteiger partial charge in [-0.15, -0.1) is 0 Å². The normalized spacial score (nSPS) is 11.1. The topological polar surface area (TPSA) is 107 Å². The van der Waals surface area contributed by atoms with Crippen molar-refractivity contribution in [3.8, 4) is 34.3 Å². The van der Waals surface area contributed by atoms with Crippen LogP contribution >= 0.6 is 0 Å². The molecule has 3 rings (SSSR count). The summed E-state index contributed by atoms with van der Waals surface area (Å²) in [5.74, 6) is 1.96. The molecule has 0 saturated carbocycles. The molecule has 0 atom stereocenters. The Bertz CT molecular complexity index is 1110. The molecule has 0 spiro atoms. The number of benzene rings is 2. The number of H-pyrrole nitrogens is 1.